The largest absolute Gasteiger partial charge is 0.478 e. The molecule has 21 heavy (non-hydrogen) atoms. The minimum absolute atomic E-state index is 0.333. The summed E-state index contributed by atoms with van der Waals surface area (Å²) in [6, 6.07) is 14.5. The number of rotatable bonds is 5. The molecule has 0 aliphatic heterocycles. The number of hydrogen-bond donors (Lipinski definition) is 1. The van der Waals surface area contributed by atoms with Crippen LogP contribution in [0.4, 0.5) is 0 Å². The van der Waals surface area contributed by atoms with Crippen LogP contribution in [0.2, 0.25) is 5.02 Å². The van der Waals surface area contributed by atoms with Crippen molar-refractivity contribution in [3.05, 3.63) is 71.3 Å². The van der Waals surface area contributed by atoms with Crippen LogP contribution in [0.3, 0.4) is 0 Å². The molecule has 0 aromatic heterocycles. The van der Waals surface area contributed by atoms with Crippen LogP contribution in [0.25, 0.3) is 0 Å². The summed E-state index contributed by atoms with van der Waals surface area (Å²) in [5, 5.41) is 9.17. The quantitative estimate of drug-likeness (QED) is 0.659. The fourth-order valence-corrected chi connectivity index (χ4v) is 2.51. The van der Waals surface area contributed by atoms with Gasteiger partial charge in [0.2, 0.25) is 0 Å². The molecule has 0 unspecified atom stereocenters. The van der Waals surface area contributed by atoms with Crippen LogP contribution in [-0.4, -0.2) is 16.9 Å². The van der Waals surface area contributed by atoms with E-state index in [1.165, 1.54) is 0 Å². The number of halogens is 1. The Kier molecular flexibility index (Phi) is 5.20. The molecule has 106 valence electrons. The highest BCUT2D eigenvalue weighted by molar-refractivity contribution is 7.99. The second-order valence-electron chi connectivity index (χ2n) is 4.12. The maximum absolute atomic E-state index is 11.7. The number of carboxylic acids is 1. The van der Waals surface area contributed by atoms with Crippen LogP contribution in [0.1, 0.15) is 10.4 Å². The Hall–Kier alpha value is -2.04. The Morgan fingerprint density at radius 3 is 1.95 bits per heavy atom. The Balaban J connectivity index is 2.06. The lowest BCUT2D eigenvalue weighted by atomic mass is 10.1. The van der Waals surface area contributed by atoms with E-state index in [9.17, 15) is 9.59 Å². The first-order valence-corrected chi connectivity index (χ1v) is 7.23. The predicted octanol–water partition coefficient (Wildman–Crippen LogP) is 4.31. The molecule has 2 aromatic rings. The van der Waals surface area contributed by atoms with Crippen molar-refractivity contribution in [1.82, 2.24) is 0 Å². The zero-order valence-corrected chi connectivity index (χ0v) is 12.4. The molecule has 0 spiro atoms. The highest BCUT2D eigenvalue weighted by atomic mass is 35.5. The minimum Gasteiger partial charge on any atom is -0.478 e. The normalized spacial score (nSPS) is 10.7. The van der Waals surface area contributed by atoms with Gasteiger partial charge in [-0.05, 0) is 54.6 Å². The molecule has 0 bridgehead atoms. The second kappa shape index (κ2) is 7.11. The minimum atomic E-state index is -1.14. The third-order valence-corrected chi connectivity index (χ3v) is 3.83. The van der Waals surface area contributed by atoms with E-state index < -0.39 is 5.97 Å². The van der Waals surface area contributed by atoms with Crippen LogP contribution in [0, 0.1) is 0 Å². The summed E-state index contributed by atoms with van der Waals surface area (Å²) >= 11 is 7.38. The summed E-state index contributed by atoms with van der Waals surface area (Å²) in [6.45, 7) is 0. The molecule has 2 rings (SSSR count). The smallest absolute Gasteiger partial charge is 0.328 e. The lowest BCUT2D eigenvalue weighted by molar-refractivity contribution is -0.131. The summed E-state index contributed by atoms with van der Waals surface area (Å²) in [4.78, 5) is 24.1. The molecule has 0 saturated heterocycles. The van der Waals surface area contributed by atoms with E-state index in [1.54, 1.807) is 23.9 Å². The molecule has 0 heterocycles. The molecular weight excluding hydrogens is 308 g/mol. The van der Waals surface area contributed by atoms with Gasteiger partial charge in [0.25, 0.3) is 0 Å². The van der Waals surface area contributed by atoms with Gasteiger partial charge in [-0.25, -0.2) is 4.79 Å². The summed E-state index contributed by atoms with van der Waals surface area (Å²) in [5.41, 5.74) is 0.452. The lowest BCUT2D eigenvalue weighted by Crippen LogP contribution is -1.96. The van der Waals surface area contributed by atoms with Crippen molar-refractivity contribution >= 4 is 35.1 Å². The second-order valence-corrected chi connectivity index (χ2v) is 5.70. The van der Waals surface area contributed by atoms with Crippen molar-refractivity contribution in [1.29, 1.82) is 0 Å². The number of carbonyl (C=O) groups excluding carboxylic acids is 1. The number of ketones is 1. The van der Waals surface area contributed by atoms with E-state index in [0.29, 0.717) is 10.6 Å². The number of benzene rings is 2. The van der Waals surface area contributed by atoms with Crippen molar-refractivity contribution < 1.29 is 14.7 Å². The number of hydrogen-bond acceptors (Lipinski definition) is 3. The topological polar surface area (TPSA) is 54.4 Å². The first-order chi connectivity index (χ1) is 10.0. The molecule has 2 aromatic carbocycles. The molecule has 0 fully saturated rings. The van der Waals surface area contributed by atoms with Crippen LogP contribution in [0.15, 0.2) is 70.5 Å². The van der Waals surface area contributed by atoms with Crippen LogP contribution in [0.5, 0.6) is 0 Å². The molecule has 5 heteroatoms. The lowest BCUT2D eigenvalue weighted by Gasteiger charge is -2.03. The molecule has 0 aliphatic carbocycles. The van der Waals surface area contributed by atoms with Gasteiger partial charge in [-0.15, -0.1) is 0 Å². The Morgan fingerprint density at radius 1 is 0.905 bits per heavy atom. The van der Waals surface area contributed by atoms with Crippen LogP contribution < -0.4 is 0 Å². The maximum atomic E-state index is 11.7. The van der Waals surface area contributed by atoms with Crippen molar-refractivity contribution in [2.45, 2.75) is 9.79 Å². The Bertz CT molecular complexity index is 676. The fraction of sp³-hybridized carbons (Fsp3) is 0. The standard InChI is InChI=1S/C16H11ClO3S/c17-12-3-7-14(8-4-12)21-13-5-1-11(2-6-13)15(18)9-10-16(19)20/h1-10H,(H,19,20). The van der Waals surface area contributed by atoms with E-state index >= 15 is 0 Å². The Labute approximate surface area is 131 Å². The number of carboxylic acid groups (broad SMARTS) is 1. The first kappa shape index (κ1) is 15.4. The average Bonchev–Trinajstić information content (AvgIpc) is 2.48. The summed E-state index contributed by atoms with van der Waals surface area (Å²) < 4.78 is 0. The van der Waals surface area contributed by atoms with Gasteiger partial charge < -0.3 is 5.11 Å². The van der Waals surface area contributed by atoms with Gasteiger partial charge in [-0.1, -0.05) is 23.4 Å². The SMILES string of the molecule is O=C(O)C=CC(=O)c1ccc(Sc2ccc(Cl)cc2)cc1. The van der Waals surface area contributed by atoms with Crippen molar-refractivity contribution in [2.75, 3.05) is 0 Å². The molecule has 3 nitrogen and oxygen atoms in total. The van der Waals surface area contributed by atoms with Gasteiger partial charge in [0.05, 0.1) is 0 Å². The predicted molar refractivity (Wildman–Crippen MR) is 83.1 cm³/mol. The maximum Gasteiger partial charge on any atom is 0.328 e. The van der Waals surface area contributed by atoms with E-state index in [2.05, 4.69) is 0 Å². The van der Waals surface area contributed by atoms with Crippen LogP contribution in [-0.2, 0) is 4.79 Å². The number of aliphatic carboxylic acids is 1. The molecule has 0 aliphatic rings. The fourth-order valence-electron chi connectivity index (χ4n) is 1.57. The van der Waals surface area contributed by atoms with Crippen molar-refractivity contribution in [2.24, 2.45) is 0 Å². The molecule has 0 saturated carbocycles. The first-order valence-electron chi connectivity index (χ1n) is 6.03. The van der Waals surface area contributed by atoms with Gasteiger partial charge >= 0.3 is 5.97 Å². The van der Waals surface area contributed by atoms with Crippen molar-refractivity contribution in [3.8, 4) is 0 Å². The zero-order valence-electron chi connectivity index (χ0n) is 10.8. The zero-order chi connectivity index (χ0) is 15.2. The van der Waals surface area contributed by atoms with E-state index in [1.807, 2.05) is 36.4 Å². The Morgan fingerprint density at radius 2 is 1.43 bits per heavy atom. The third-order valence-electron chi connectivity index (χ3n) is 2.57. The third kappa shape index (κ3) is 4.77. The van der Waals surface area contributed by atoms with E-state index in [4.69, 9.17) is 16.7 Å². The number of carbonyl (C=O) groups is 2. The average molecular weight is 319 g/mol. The highest BCUT2D eigenvalue weighted by Crippen LogP contribution is 2.28. The summed E-state index contributed by atoms with van der Waals surface area (Å²) in [7, 11) is 0. The summed E-state index contributed by atoms with van der Waals surface area (Å²) in [5.74, 6) is -1.47. The molecule has 0 amide bonds. The molecule has 1 N–H and O–H groups in total. The van der Waals surface area contributed by atoms with E-state index in [-0.39, 0.29) is 5.78 Å². The highest BCUT2D eigenvalue weighted by Gasteiger charge is 2.03. The van der Waals surface area contributed by atoms with E-state index in [0.717, 1.165) is 21.9 Å². The molecule has 0 atom stereocenters. The van der Waals surface area contributed by atoms with Gasteiger partial charge in [0.15, 0.2) is 5.78 Å². The van der Waals surface area contributed by atoms with Gasteiger partial charge in [0.1, 0.15) is 0 Å². The van der Waals surface area contributed by atoms with Gasteiger partial charge in [-0.2, -0.15) is 0 Å². The summed E-state index contributed by atoms with van der Waals surface area (Å²) in [6.07, 6.45) is 1.88. The van der Waals surface area contributed by atoms with Crippen molar-refractivity contribution in [3.63, 3.8) is 0 Å². The monoisotopic (exact) mass is 318 g/mol. The molecule has 0 radical (unpaired) electrons. The van der Waals surface area contributed by atoms with Crippen LogP contribution >= 0.6 is 23.4 Å². The van der Waals surface area contributed by atoms with Gasteiger partial charge in [-0.3, -0.25) is 4.79 Å². The number of allylic oxidation sites excluding steroid dienone is 1. The molecular formula is C16H11ClO3S. The van der Waals surface area contributed by atoms with Gasteiger partial charge in [0, 0.05) is 26.5 Å².